The van der Waals surface area contributed by atoms with Crippen LogP contribution < -0.4 is 0 Å². The fourth-order valence-electron chi connectivity index (χ4n) is 2.06. The van der Waals surface area contributed by atoms with Crippen LogP contribution >= 0.6 is 35.3 Å². The van der Waals surface area contributed by atoms with Crippen LogP contribution in [0.2, 0.25) is 0 Å². The molecule has 2 aromatic carbocycles. The Morgan fingerprint density at radius 2 is 1.27 bits per heavy atom. The van der Waals surface area contributed by atoms with E-state index < -0.39 is 0 Å². The third-order valence-electron chi connectivity index (χ3n) is 2.93. The standard InChI is InChI=1S/C16H20O3S3/c17-3-6-20-13-1-2-15-12(9-13)10-14(21-7-4-18)11-16(15)22-8-5-19/h1-2,9-11,17-19H,3-8H2. The monoisotopic (exact) mass is 356 g/mol. The smallest absolute Gasteiger partial charge is 0.0525 e. The highest BCUT2D eigenvalue weighted by atomic mass is 32.2. The Labute approximate surface area is 143 Å². The predicted molar refractivity (Wildman–Crippen MR) is 97.4 cm³/mol. The molecule has 6 heteroatoms. The van der Waals surface area contributed by atoms with Gasteiger partial charge in [0.15, 0.2) is 0 Å². The molecule has 0 aliphatic rings. The van der Waals surface area contributed by atoms with E-state index in [1.165, 1.54) is 5.39 Å². The maximum absolute atomic E-state index is 9.07. The Morgan fingerprint density at radius 3 is 1.95 bits per heavy atom. The van der Waals surface area contributed by atoms with Gasteiger partial charge in [-0.2, -0.15) is 0 Å². The zero-order valence-electron chi connectivity index (χ0n) is 12.2. The zero-order valence-corrected chi connectivity index (χ0v) is 14.6. The third kappa shape index (κ3) is 5.08. The summed E-state index contributed by atoms with van der Waals surface area (Å²) in [6, 6.07) is 10.6. The molecule has 2 aromatic rings. The number of hydrogen-bond acceptors (Lipinski definition) is 6. The molecule has 0 saturated heterocycles. The topological polar surface area (TPSA) is 60.7 Å². The molecule has 0 bridgehead atoms. The van der Waals surface area contributed by atoms with Crippen LogP contribution in [-0.2, 0) is 0 Å². The van der Waals surface area contributed by atoms with Gasteiger partial charge in [0.05, 0.1) is 19.8 Å². The summed E-state index contributed by atoms with van der Waals surface area (Å²) in [4.78, 5) is 3.43. The van der Waals surface area contributed by atoms with Crippen LogP contribution in [0.25, 0.3) is 10.8 Å². The SMILES string of the molecule is OCCSc1ccc2c(SCCO)cc(SCCO)cc2c1. The molecule has 3 N–H and O–H groups in total. The Hall–Kier alpha value is -0.370. The van der Waals surface area contributed by atoms with Gasteiger partial charge in [0.25, 0.3) is 0 Å². The number of benzene rings is 2. The molecule has 0 unspecified atom stereocenters. The van der Waals surface area contributed by atoms with Gasteiger partial charge in [-0.15, -0.1) is 35.3 Å². The maximum atomic E-state index is 9.07. The van der Waals surface area contributed by atoms with Gasteiger partial charge in [0.1, 0.15) is 0 Å². The molecular weight excluding hydrogens is 336 g/mol. The Morgan fingerprint density at radius 1 is 0.682 bits per heavy atom. The van der Waals surface area contributed by atoms with Crippen molar-refractivity contribution < 1.29 is 15.3 Å². The van der Waals surface area contributed by atoms with Crippen molar-refractivity contribution >= 4 is 46.1 Å². The fraction of sp³-hybridized carbons (Fsp3) is 0.375. The van der Waals surface area contributed by atoms with E-state index in [0.29, 0.717) is 17.3 Å². The lowest BCUT2D eigenvalue weighted by Crippen LogP contribution is -1.90. The number of thioether (sulfide) groups is 3. The quantitative estimate of drug-likeness (QED) is 0.600. The number of hydrogen-bond donors (Lipinski definition) is 3. The molecular formula is C16H20O3S3. The van der Waals surface area contributed by atoms with E-state index in [2.05, 4.69) is 30.3 Å². The average molecular weight is 357 g/mol. The Kier molecular flexibility index (Phi) is 7.92. The van der Waals surface area contributed by atoms with Crippen LogP contribution in [0.5, 0.6) is 0 Å². The Bertz CT molecular complexity index is 599. The van der Waals surface area contributed by atoms with Gasteiger partial charge in [-0.3, -0.25) is 0 Å². The highest BCUT2D eigenvalue weighted by Gasteiger charge is 2.07. The molecule has 0 spiro atoms. The van der Waals surface area contributed by atoms with E-state index in [9.17, 15) is 0 Å². The van der Waals surface area contributed by atoms with Gasteiger partial charge >= 0.3 is 0 Å². The van der Waals surface area contributed by atoms with Gasteiger partial charge in [-0.1, -0.05) is 6.07 Å². The van der Waals surface area contributed by atoms with E-state index in [1.54, 1.807) is 35.3 Å². The second-order valence-electron chi connectivity index (χ2n) is 4.52. The second kappa shape index (κ2) is 9.70. The van der Waals surface area contributed by atoms with Crippen LogP contribution in [-0.4, -0.2) is 52.4 Å². The summed E-state index contributed by atoms with van der Waals surface area (Å²) in [7, 11) is 0. The van der Waals surface area contributed by atoms with E-state index >= 15 is 0 Å². The zero-order chi connectivity index (χ0) is 15.8. The van der Waals surface area contributed by atoms with Gasteiger partial charge in [-0.05, 0) is 35.0 Å². The number of rotatable bonds is 9. The van der Waals surface area contributed by atoms with Crippen molar-refractivity contribution in [2.45, 2.75) is 14.7 Å². The Balaban J connectivity index is 2.36. The van der Waals surface area contributed by atoms with Crippen LogP contribution in [0.4, 0.5) is 0 Å². The van der Waals surface area contributed by atoms with Crippen molar-refractivity contribution in [3.63, 3.8) is 0 Å². The first-order chi connectivity index (χ1) is 10.8. The highest BCUT2D eigenvalue weighted by Crippen LogP contribution is 2.35. The first-order valence-corrected chi connectivity index (χ1v) is 10.0. The van der Waals surface area contributed by atoms with E-state index in [0.717, 1.165) is 20.1 Å². The molecule has 22 heavy (non-hydrogen) atoms. The molecule has 0 radical (unpaired) electrons. The van der Waals surface area contributed by atoms with Crippen LogP contribution in [0.15, 0.2) is 45.0 Å². The number of aliphatic hydroxyl groups is 3. The van der Waals surface area contributed by atoms with Crippen molar-refractivity contribution in [1.82, 2.24) is 0 Å². The van der Waals surface area contributed by atoms with Crippen molar-refractivity contribution in [2.75, 3.05) is 37.1 Å². The van der Waals surface area contributed by atoms with Gasteiger partial charge < -0.3 is 15.3 Å². The van der Waals surface area contributed by atoms with Crippen molar-refractivity contribution in [2.24, 2.45) is 0 Å². The lowest BCUT2D eigenvalue weighted by molar-refractivity contribution is 0.322. The lowest BCUT2D eigenvalue weighted by atomic mass is 10.1. The van der Waals surface area contributed by atoms with Crippen LogP contribution in [0, 0.1) is 0 Å². The van der Waals surface area contributed by atoms with Crippen molar-refractivity contribution in [3.05, 3.63) is 30.3 Å². The van der Waals surface area contributed by atoms with Gasteiger partial charge in [-0.25, -0.2) is 0 Å². The summed E-state index contributed by atoms with van der Waals surface area (Å²) in [6.07, 6.45) is 0. The molecule has 0 aliphatic heterocycles. The van der Waals surface area contributed by atoms with Gasteiger partial charge in [0.2, 0.25) is 0 Å². The molecule has 0 atom stereocenters. The predicted octanol–water partition coefficient (Wildman–Crippen LogP) is 3.09. The van der Waals surface area contributed by atoms with E-state index in [4.69, 9.17) is 15.3 Å². The summed E-state index contributed by atoms with van der Waals surface area (Å²) in [5.41, 5.74) is 0. The van der Waals surface area contributed by atoms with Crippen LogP contribution in [0.3, 0.4) is 0 Å². The first-order valence-electron chi connectivity index (χ1n) is 7.07. The molecule has 0 fully saturated rings. The molecule has 2 rings (SSSR count). The number of aliphatic hydroxyl groups excluding tert-OH is 3. The summed E-state index contributed by atoms with van der Waals surface area (Å²) < 4.78 is 0. The largest absolute Gasteiger partial charge is 0.396 e. The molecule has 0 aliphatic carbocycles. The molecule has 0 amide bonds. The lowest BCUT2D eigenvalue weighted by Gasteiger charge is -2.11. The van der Waals surface area contributed by atoms with Crippen LogP contribution in [0.1, 0.15) is 0 Å². The summed E-state index contributed by atoms with van der Waals surface area (Å²) in [5.74, 6) is 2.04. The third-order valence-corrected chi connectivity index (χ3v) is 5.89. The summed E-state index contributed by atoms with van der Waals surface area (Å²) in [5, 5.41) is 29.4. The molecule has 3 nitrogen and oxygen atoms in total. The summed E-state index contributed by atoms with van der Waals surface area (Å²) >= 11 is 4.92. The number of fused-ring (bicyclic) bond motifs is 1. The fourth-order valence-corrected chi connectivity index (χ4v) is 4.44. The summed E-state index contributed by atoms with van der Waals surface area (Å²) in [6.45, 7) is 0.492. The van der Waals surface area contributed by atoms with Gasteiger partial charge in [0, 0.05) is 31.9 Å². The molecule has 0 heterocycles. The molecule has 120 valence electrons. The normalized spacial score (nSPS) is 11.2. The highest BCUT2D eigenvalue weighted by molar-refractivity contribution is 8.00. The first kappa shape index (κ1) is 18.0. The van der Waals surface area contributed by atoms with Crippen molar-refractivity contribution in [3.8, 4) is 0 Å². The minimum absolute atomic E-state index is 0.157. The molecule has 0 saturated carbocycles. The minimum Gasteiger partial charge on any atom is -0.396 e. The second-order valence-corrected chi connectivity index (χ2v) is 7.99. The molecule has 0 aromatic heterocycles. The van der Waals surface area contributed by atoms with Crippen molar-refractivity contribution in [1.29, 1.82) is 0 Å². The minimum atomic E-state index is 0.157. The van der Waals surface area contributed by atoms with E-state index in [-0.39, 0.29) is 19.8 Å². The average Bonchev–Trinajstić information content (AvgIpc) is 2.55. The van der Waals surface area contributed by atoms with E-state index in [1.807, 2.05) is 0 Å². The maximum Gasteiger partial charge on any atom is 0.0525 e.